The van der Waals surface area contributed by atoms with Gasteiger partial charge in [0.25, 0.3) is 0 Å². The first-order valence-electron chi connectivity index (χ1n) is 6.45. The Balaban J connectivity index is 1.84. The van der Waals surface area contributed by atoms with Crippen molar-refractivity contribution in [1.82, 2.24) is 9.38 Å². The molecule has 0 N–H and O–H groups in total. The summed E-state index contributed by atoms with van der Waals surface area (Å²) in [6, 6.07) is 3.91. The maximum Gasteiger partial charge on any atom is 0.179 e. The van der Waals surface area contributed by atoms with Crippen LogP contribution in [0.3, 0.4) is 0 Å². The van der Waals surface area contributed by atoms with Crippen molar-refractivity contribution in [3.63, 3.8) is 0 Å². The predicted octanol–water partition coefficient (Wildman–Crippen LogP) is 2.31. The molecule has 0 radical (unpaired) electrons. The first kappa shape index (κ1) is 11.5. The third-order valence-corrected chi connectivity index (χ3v) is 3.47. The van der Waals surface area contributed by atoms with E-state index in [0.29, 0.717) is 5.92 Å². The molecule has 3 heterocycles. The summed E-state index contributed by atoms with van der Waals surface area (Å²) in [5.41, 5.74) is 2.02. The van der Waals surface area contributed by atoms with Crippen LogP contribution in [0.4, 0.5) is 0 Å². The SMILES string of the molecule is COc1cccn2cc(CC3CCCOC3)nc12. The van der Waals surface area contributed by atoms with Crippen molar-refractivity contribution in [2.45, 2.75) is 19.3 Å². The molecule has 1 aliphatic rings. The molecule has 1 aliphatic heterocycles. The smallest absolute Gasteiger partial charge is 0.179 e. The Labute approximate surface area is 107 Å². The van der Waals surface area contributed by atoms with Crippen molar-refractivity contribution in [2.24, 2.45) is 5.92 Å². The second-order valence-corrected chi connectivity index (χ2v) is 4.83. The van der Waals surface area contributed by atoms with Crippen molar-refractivity contribution >= 4 is 5.65 Å². The van der Waals surface area contributed by atoms with Gasteiger partial charge in [-0.15, -0.1) is 0 Å². The van der Waals surface area contributed by atoms with Crippen molar-refractivity contribution in [1.29, 1.82) is 0 Å². The molecule has 0 saturated carbocycles. The minimum Gasteiger partial charge on any atom is -0.493 e. The molecular weight excluding hydrogens is 228 g/mol. The van der Waals surface area contributed by atoms with E-state index in [1.54, 1.807) is 7.11 Å². The molecule has 1 atom stereocenters. The highest BCUT2D eigenvalue weighted by Gasteiger charge is 2.16. The summed E-state index contributed by atoms with van der Waals surface area (Å²) in [5.74, 6) is 1.43. The average Bonchev–Trinajstić information content (AvgIpc) is 2.82. The van der Waals surface area contributed by atoms with E-state index in [9.17, 15) is 0 Å². The van der Waals surface area contributed by atoms with Gasteiger partial charge in [-0.05, 0) is 37.3 Å². The molecule has 4 nitrogen and oxygen atoms in total. The van der Waals surface area contributed by atoms with Gasteiger partial charge >= 0.3 is 0 Å². The zero-order valence-corrected chi connectivity index (χ0v) is 10.6. The van der Waals surface area contributed by atoms with E-state index in [1.165, 1.54) is 12.8 Å². The Morgan fingerprint density at radius 1 is 1.56 bits per heavy atom. The van der Waals surface area contributed by atoms with Gasteiger partial charge in [0, 0.05) is 25.6 Å². The van der Waals surface area contributed by atoms with Gasteiger partial charge in [-0.2, -0.15) is 0 Å². The highest BCUT2D eigenvalue weighted by atomic mass is 16.5. The Kier molecular flexibility index (Phi) is 3.19. The second kappa shape index (κ2) is 4.98. The van der Waals surface area contributed by atoms with E-state index in [-0.39, 0.29) is 0 Å². The fourth-order valence-corrected chi connectivity index (χ4v) is 2.56. The predicted molar refractivity (Wildman–Crippen MR) is 69.0 cm³/mol. The number of pyridine rings is 1. The van der Waals surface area contributed by atoms with Gasteiger partial charge in [0.2, 0.25) is 0 Å². The Morgan fingerprint density at radius 2 is 2.50 bits per heavy atom. The van der Waals surface area contributed by atoms with Crippen LogP contribution in [0.1, 0.15) is 18.5 Å². The van der Waals surface area contributed by atoms with Crippen molar-refractivity contribution in [3.05, 3.63) is 30.2 Å². The molecule has 2 aromatic rings. The lowest BCUT2D eigenvalue weighted by atomic mass is 9.97. The van der Waals surface area contributed by atoms with E-state index in [2.05, 4.69) is 11.2 Å². The van der Waals surface area contributed by atoms with E-state index in [0.717, 1.165) is 36.7 Å². The topological polar surface area (TPSA) is 35.8 Å². The lowest BCUT2D eigenvalue weighted by Gasteiger charge is -2.20. The molecular formula is C14H18N2O2. The standard InChI is InChI=1S/C14H18N2O2/c1-17-13-5-2-6-16-9-12(15-14(13)16)8-11-4-3-7-18-10-11/h2,5-6,9,11H,3-4,7-8,10H2,1H3. The first-order chi connectivity index (χ1) is 8.86. The zero-order chi connectivity index (χ0) is 12.4. The second-order valence-electron chi connectivity index (χ2n) is 4.83. The van der Waals surface area contributed by atoms with Crippen LogP contribution >= 0.6 is 0 Å². The quantitative estimate of drug-likeness (QED) is 0.833. The van der Waals surface area contributed by atoms with E-state index in [4.69, 9.17) is 9.47 Å². The minimum absolute atomic E-state index is 0.606. The number of hydrogen-bond acceptors (Lipinski definition) is 3. The molecule has 0 aromatic carbocycles. The molecule has 4 heteroatoms. The number of nitrogens with zero attached hydrogens (tertiary/aromatic N) is 2. The van der Waals surface area contributed by atoms with Crippen LogP contribution < -0.4 is 4.74 Å². The molecule has 1 unspecified atom stereocenters. The largest absolute Gasteiger partial charge is 0.493 e. The summed E-state index contributed by atoms with van der Waals surface area (Å²) in [4.78, 5) is 4.66. The van der Waals surface area contributed by atoms with Crippen LogP contribution in [0.2, 0.25) is 0 Å². The van der Waals surface area contributed by atoms with Crippen molar-refractivity contribution < 1.29 is 9.47 Å². The van der Waals surface area contributed by atoms with Gasteiger partial charge in [-0.1, -0.05) is 0 Å². The van der Waals surface area contributed by atoms with E-state index >= 15 is 0 Å². The maximum absolute atomic E-state index is 5.51. The monoisotopic (exact) mass is 246 g/mol. The minimum atomic E-state index is 0.606. The highest BCUT2D eigenvalue weighted by Crippen LogP contribution is 2.22. The molecule has 0 amide bonds. The molecule has 2 aromatic heterocycles. The third-order valence-electron chi connectivity index (χ3n) is 3.47. The number of aromatic nitrogens is 2. The summed E-state index contributed by atoms with van der Waals surface area (Å²) in [5, 5.41) is 0. The molecule has 96 valence electrons. The maximum atomic E-state index is 5.51. The normalized spacial score (nSPS) is 20.2. The van der Waals surface area contributed by atoms with Crippen LogP contribution in [0.25, 0.3) is 5.65 Å². The Morgan fingerprint density at radius 3 is 3.28 bits per heavy atom. The number of fused-ring (bicyclic) bond motifs is 1. The molecule has 18 heavy (non-hydrogen) atoms. The van der Waals surface area contributed by atoms with Gasteiger partial charge in [-0.3, -0.25) is 0 Å². The average molecular weight is 246 g/mol. The van der Waals surface area contributed by atoms with Gasteiger partial charge in [0.1, 0.15) is 0 Å². The fraction of sp³-hybridized carbons (Fsp3) is 0.500. The molecule has 1 saturated heterocycles. The molecule has 0 bridgehead atoms. The van der Waals surface area contributed by atoms with Crippen LogP contribution in [0, 0.1) is 5.92 Å². The number of hydrogen-bond donors (Lipinski definition) is 0. The first-order valence-corrected chi connectivity index (χ1v) is 6.45. The summed E-state index contributed by atoms with van der Waals surface area (Å²) >= 11 is 0. The van der Waals surface area contributed by atoms with E-state index in [1.807, 2.05) is 22.7 Å². The van der Waals surface area contributed by atoms with Crippen LogP contribution in [-0.4, -0.2) is 29.7 Å². The van der Waals surface area contributed by atoms with Gasteiger partial charge < -0.3 is 13.9 Å². The van der Waals surface area contributed by atoms with Gasteiger partial charge in [0.05, 0.1) is 12.8 Å². The summed E-state index contributed by atoms with van der Waals surface area (Å²) in [6.07, 6.45) is 7.50. The van der Waals surface area contributed by atoms with Crippen LogP contribution in [-0.2, 0) is 11.2 Å². The number of imidazole rings is 1. The van der Waals surface area contributed by atoms with Crippen LogP contribution in [0.5, 0.6) is 5.75 Å². The van der Waals surface area contributed by atoms with Gasteiger partial charge in [-0.25, -0.2) is 4.98 Å². The number of methoxy groups -OCH3 is 1. The van der Waals surface area contributed by atoms with Crippen molar-refractivity contribution in [2.75, 3.05) is 20.3 Å². The lowest BCUT2D eigenvalue weighted by molar-refractivity contribution is 0.0547. The fourth-order valence-electron chi connectivity index (χ4n) is 2.56. The number of rotatable bonds is 3. The number of ether oxygens (including phenoxy) is 2. The third kappa shape index (κ3) is 2.20. The lowest BCUT2D eigenvalue weighted by Crippen LogP contribution is -2.19. The molecule has 1 fully saturated rings. The van der Waals surface area contributed by atoms with Crippen molar-refractivity contribution in [3.8, 4) is 5.75 Å². The zero-order valence-electron chi connectivity index (χ0n) is 10.6. The summed E-state index contributed by atoms with van der Waals surface area (Å²) in [6.45, 7) is 1.78. The molecule has 0 spiro atoms. The molecule has 0 aliphatic carbocycles. The molecule has 3 rings (SSSR count). The Bertz CT molecular complexity index is 530. The summed E-state index contributed by atoms with van der Waals surface area (Å²) < 4.78 is 12.9. The van der Waals surface area contributed by atoms with Crippen LogP contribution in [0.15, 0.2) is 24.5 Å². The Hall–Kier alpha value is -1.55. The summed E-state index contributed by atoms with van der Waals surface area (Å²) in [7, 11) is 1.68. The van der Waals surface area contributed by atoms with E-state index < -0.39 is 0 Å². The highest BCUT2D eigenvalue weighted by molar-refractivity contribution is 5.54. The van der Waals surface area contributed by atoms with Gasteiger partial charge in [0.15, 0.2) is 11.4 Å².